The van der Waals surface area contributed by atoms with Crippen LogP contribution in [-0.2, 0) is 16.6 Å². The average molecular weight is 340 g/mol. The summed E-state index contributed by atoms with van der Waals surface area (Å²) < 4.78 is 6.39. The highest BCUT2D eigenvalue weighted by Crippen LogP contribution is 2.17. The molecule has 0 aliphatic heterocycles. The first-order chi connectivity index (χ1) is 12.0. The lowest BCUT2D eigenvalue weighted by molar-refractivity contribution is -0.115. The zero-order valence-electron chi connectivity index (χ0n) is 14.4. The highest BCUT2D eigenvalue weighted by atomic mass is 16.5. The summed E-state index contributed by atoms with van der Waals surface area (Å²) in [5, 5.41) is 6.70. The van der Waals surface area contributed by atoms with E-state index in [-0.39, 0.29) is 24.6 Å². The molecule has 0 aliphatic carbocycles. The number of hydrogen-bond donors (Lipinski definition) is 1. The molecule has 130 valence electrons. The van der Waals surface area contributed by atoms with Crippen molar-refractivity contribution in [2.45, 2.75) is 6.92 Å². The van der Waals surface area contributed by atoms with Crippen LogP contribution >= 0.6 is 0 Å². The molecule has 2 rings (SSSR count). The number of aromatic nitrogens is 2. The standard InChI is InChI=1S/C18H20N4O3/c1-5-13-8-7-9-14(10-13)21(3)12-16(23)20-17-15(11-19-22(17)4)18(24)25-6-2/h1,7-11H,6,12H2,2-4H3,(H,20,23). The zero-order chi connectivity index (χ0) is 18.4. The van der Waals surface area contributed by atoms with Crippen LogP contribution in [0.25, 0.3) is 0 Å². The number of rotatable bonds is 6. The first-order valence-electron chi connectivity index (χ1n) is 7.73. The van der Waals surface area contributed by atoms with Crippen LogP contribution < -0.4 is 10.2 Å². The third-order valence-electron chi connectivity index (χ3n) is 3.53. The number of benzene rings is 1. The minimum atomic E-state index is -0.527. The van der Waals surface area contributed by atoms with Crippen LogP contribution in [0.2, 0.25) is 0 Å². The zero-order valence-corrected chi connectivity index (χ0v) is 14.4. The Balaban J connectivity index is 2.09. The van der Waals surface area contributed by atoms with Crippen molar-refractivity contribution in [3.05, 3.63) is 41.6 Å². The van der Waals surface area contributed by atoms with Gasteiger partial charge in [0.15, 0.2) is 0 Å². The normalized spacial score (nSPS) is 10.0. The summed E-state index contributed by atoms with van der Waals surface area (Å²) in [6, 6.07) is 7.33. The maximum Gasteiger partial charge on any atom is 0.343 e. The smallest absolute Gasteiger partial charge is 0.343 e. The Morgan fingerprint density at radius 3 is 2.88 bits per heavy atom. The average Bonchev–Trinajstić information content (AvgIpc) is 2.95. The van der Waals surface area contributed by atoms with E-state index in [9.17, 15) is 9.59 Å². The quantitative estimate of drug-likeness (QED) is 0.639. The van der Waals surface area contributed by atoms with Crippen molar-refractivity contribution >= 4 is 23.4 Å². The Bertz CT molecular complexity index is 820. The molecule has 0 bridgehead atoms. The van der Waals surface area contributed by atoms with E-state index in [4.69, 9.17) is 11.2 Å². The number of nitrogens with one attached hydrogen (secondary N) is 1. The first-order valence-corrected chi connectivity index (χ1v) is 7.73. The topological polar surface area (TPSA) is 76.5 Å². The van der Waals surface area contributed by atoms with Gasteiger partial charge in [-0.2, -0.15) is 5.10 Å². The van der Waals surface area contributed by atoms with Gasteiger partial charge in [0.25, 0.3) is 0 Å². The minimum Gasteiger partial charge on any atom is -0.462 e. The molecule has 0 saturated carbocycles. The van der Waals surface area contributed by atoms with Gasteiger partial charge in [-0.25, -0.2) is 4.79 Å². The van der Waals surface area contributed by atoms with Crippen molar-refractivity contribution < 1.29 is 14.3 Å². The van der Waals surface area contributed by atoms with E-state index in [1.165, 1.54) is 10.9 Å². The van der Waals surface area contributed by atoms with Crippen LogP contribution in [0.5, 0.6) is 0 Å². The summed E-state index contributed by atoms with van der Waals surface area (Å²) in [7, 11) is 3.42. The fourth-order valence-electron chi connectivity index (χ4n) is 2.26. The van der Waals surface area contributed by atoms with Crippen molar-refractivity contribution in [2.75, 3.05) is 30.4 Å². The van der Waals surface area contributed by atoms with Gasteiger partial charge in [-0.1, -0.05) is 12.0 Å². The summed E-state index contributed by atoms with van der Waals surface area (Å²) in [5.74, 6) is 2.05. The molecule has 1 aromatic heterocycles. The summed E-state index contributed by atoms with van der Waals surface area (Å²) in [6.07, 6.45) is 6.76. The van der Waals surface area contributed by atoms with E-state index in [1.807, 2.05) is 24.3 Å². The summed E-state index contributed by atoms with van der Waals surface area (Å²) >= 11 is 0. The second kappa shape index (κ2) is 8.02. The number of amides is 1. The number of terminal acetylenes is 1. The number of nitrogens with zero attached hydrogens (tertiary/aromatic N) is 3. The number of likely N-dealkylation sites (N-methyl/N-ethyl adjacent to an activating group) is 1. The van der Waals surface area contributed by atoms with E-state index >= 15 is 0 Å². The number of anilines is 2. The van der Waals surface area contributed by atoms with Crippen LogP contribution in [0.4, 0.5) is 11.5 Å². The van der Waals surface area contributed by atoms with Gasteiger partial charge in [-0.15, -0.1) is 6.42 Å². The molecule has 0 saturated heterocycles. The van der Waals surface area contributed by atoms with E-state index in [0.29, 0.717) is 5.82 Å². The van der Waals surface area contributed by atoms with Crippen molar-refractivity contribution in [3.8, 4) is 12.3 Å². The third-order valence-corrected chi connectivity index (χ3v) is 3.53. The first kappa shape index (κ1) is 18.1. The Hall–Kier alpha value is -3.27. The van der Waals surface area contributed by atoms with Crippen molar-refractivity contribution in [2.24, 2.45) is 7.05 Å². The molecular formula is C18H20N4O3. The van der Waals surface area contributed by atoms with E-state index in [1.54, 1.807) is 25.9 Å². The van der Waals surface area contributed by atoms with Crippen LogP contribution in [0, 0.1) is 12.3 Å². The lowest BCUT2D eigenvalue weighted by Crippen LogP contribution is -2.31. The molecule has 0 radical (unpaired) electrons. The van der Waals surface area contributed by atoms with Gasteiger partial charge in [0.2, 0.25) is 5.91 Å². The predicted molar refractivity (Wildman–Crippen MR) is 95.4 cm³/mol. The lowest BCUT2D eigenvalue weighted by Gasteiger charge is -2.19. The highest BCUT2D eigenvalue weighted by Gasteiger charge is 2.19. The van der Waals surface area contributed by atoms with Gasteiger partial charge in [0.1, 0.15) is 11.4 Å². The Morgan fingerprint density at radius 1 is 1.44 bits per heavy atom. The van der Waals surface area contributed by atoms with E-state index in [2.05, 4.69) is 16.3 Å². The number of carbonyl (C=O) groups excluding carboxylic acids is 2. The van der Waals surface area contributed by atoms with Gasteiger partial charge in [-0.3, -0.25) is 9.48 Å². The molecule has 1 aromatic carbocycles. The minimum absolute atomic E-state index is 0.0848. The van der Waals surface area contributed by atoms with E-state index < -0.39 is 5.97 Å². The number of ether oxygens (including phenoxy) is 1. The van der Waals surface area contributed by atoms with Crippen molar-refractivity contribution in [3.63, 3.8) is 0 Å². The summed E-state index contributed by atoms with van der Waals surface area (Å²) in [5.41, 5.74) is 1.77. The number of hydrogen-bond acceptors (Lipinski definition) is 5. The SMILES string of the molecule is C#Cc1cccc(N(C)CC(=O)Nc2c(C(=O)OCC)cnn2C)c1. The van der Waals surface area contributed by atoms with Gasteiger partial charge >= 0.3 is 5.97 Å². The maximum atomic E-state index is 12.3. The van der Waals surface area contributed by atoms with Crippen LogP contribution in [-0.4, -0.2) is 41.9 Å². The third kappa shape index (κ3) is 4.38. The monoisotopic (exact) mass is 340 g/mol. The molecule has 1 amide bonds. The van der Waals surface area contributed by atoms with Gasteiger partial charge < -0.3 is 15.0 Å². The molecule has 0 spiro atoms. The second-order valence-electron chi connectivity index (χ2n) is 5.35. The molecule has 7 heteroatoms. The molecule has 25 heavy (non-hydrogen) atoms. The largest absolute Gasteiger partial charge is 0.462 e. The molecule has 0 atom stereocenters. The molecular weight excluding hydrogens is 320 g/mol. The van der Waals surface area contributed by atoms with E-state index in [0.717, 1.165) is 11.3 Å². The Morgan fingerprint density at radius 2 is 2.20 bits per heavy atom. The molecule has 0 unspecified atom stereocenters. The lowest BCUT2D eigenvalue weighted by atomic mass is 10.2. The van der Waals surface area contributed by atoms with Gasteiger partial charge in [0, 0.05) is 25.3 Å². The Kier molecular flexibility index (Phi) is 5.79. The molecule has 2 aromatic rings. The van der Waals surface area contributed by atoms with Crippen molar-refractivity contribution in [1.29, 1.82) is 0 Å². The predicted octanol–water partition coefficient (Wildman–Crippen LogP) is 1.65. The Labute approximate surface area is 146 Å². The molecule has 0 fully saturated rings. The fraction of sp³-hybridized carbons (Fsp3) is 0.278. The number of aryl methyl sites for hydroxylation is 1. The molecule has 7 nitrogen and oxygen atoms in total. The number of esters is 1. The van der Waals surface area contributed by atoms with Gasteiger partial charge in [0.05, 0.1) is 19.3 Å². The van der Waals surface area contributed by atoms with Crippen LogP contribution in [0.15, 0.2) is 30.5 Å². The summed E-state index contributed by atoms with van der Waals surface area (Å²) in [4.78, 5) is 26.0. The van der Waals surface area contributed by atoms with Gasteiger partial charge in [-0.05, 0) is 25.1 Å². The highest BCUT2D eigenvalue weighted by molar-refractivity contribution is 6.01. The maximum absolute atomic E-state index is 12.3. The fourth-order valence-corrected chi connectivity index (χ4v) is 2.26. The molecule has 1 N–H and O–H groups in total. The second-order valence-corrected chi connectivity index (χ2v) is 5.35. The van der Waals surface area contributed by atoms with Crippen LogP contribution in [0.1, 0.15) is 22.8 Å². The summed E-state index contributed by atoms with van der Waals surface area (Å²) in [6.45, 7) is 2.04. The van der Waals surface area contributed by atoms with Crippen LogP contribution in [0.3, 0.4) is 0 Å². The van der Waals surface area contributed by atoms with Crippen molar-refractivity contribution in [1.82, 2.24) is 9.78 Å². The molecule has 1 heterocycles. The molecule has 0 aliphatic rings. The number of carbonyl (C=O) groups is 2.